The molecule has 1 aromatic heterocycles. The van der Waals surface area contributed by atoms with Gasteiger partial charge in [-0.15, -0.1) is 0 Å². The lowest BCUT2D eigenvalue weighted by molar-refractivity contribution is -0.128. The first kappa shape index (κ1) is 17.7. The Hall–Kier alpha value is -2.73. The lowest BCUT2D eigenvalue weighted by Crippen LogP contribution is -2.24. The van der Waals surface area contributed by atoms with Crippen molar-refractivity contribution in [2.45, 2.75) is 25.4 Å². The van der Waals surface area contributed by atoms with Gasteiger partial charge < -0.3 is 14.2 Å². The Morgan fingerprint density at radius 3 is 2.74 bits per heavy atom. The fraction of sp³-hybridized carbons (Fsp3) is 0.333. The highest BCUT2D eigenvalue weighted by atomic mass is 19.1. The molecular formula is C21H22FN3O2. The van der Waals surface area contributed by atoms with Crippen molar-refractivity contribution >= 4 is 16.9 Å². The number of rotatable bonds is 6. The standard InChI is InChI=1S/C21H22FN3O2/c1-27-11-10-25-19-5-3-2-4-18(19)23-21(25)16-12-20(26)24(14-16)13-15-6-8-17(22)9-7-15/h2-9,16H,10-14H2,1H3. The summed E-state index contributed by atoms with van der Waals surface area (Å²) in [7, 11) is 1.68. The van der Waals surface area contributed by atoms with Gasteiger partial charge in [0.15, 0.2) is 0 Å². The van der Waals surface area contributed by atoms with E-state index in [9.17, 15) is 9.18 Å². The van der Waals surface area contributed by atoms with Gasteiger partial charge in [-0.2, -0.15) is 0 Å². The number of benzene rings is 2. The van der Waals surface area contributed by atoms with Gasteiger partial charge in [0, 0.05) is 39.1 Å². The van der Waals surface area contributed by atoms with Crippen molar-refractivity contribution in [3.63, 3.8) is 0 Å². The van der Waals surface area contributed by atoms with E-state index in [1.807, 2.05) is 23.1 Å². The zero-order chi connectivity index (χ0) is 18.8. The monoisotopic (exact) mass is 367 g/mol. The van der Waals surface area contributed by atoms with Gasteiger partial charge >= 0.3 is 0 Å². The Kier molecular flexibility index (Phi) is 4.90. The maximum atomic E-state index is 13.1. The molecule has 2 heterocycles. The van der Waals surface area contributed by atoms with Crippen molar-refractivity contribution in [1.82, 2.24) is 14.5 Å². The van der Waals surface area contributed by atoms with Crippen molar-refractivity contribution in [3.05, 3.63) is 65.7 Å². The second-order valence-corrected chi connectivity index (χ2v) is 6.90. The molecule has 0 radical (unpaired) electrons. The number of imidazole rings is 1. The minimum Gasteiger partial charge on any atom is -0.383 e. The van der Waals surface area contributed by atoms with Crippen LogP contribution in [0.15, 0.2) is 48.5 Å². The number of halogens is 1. The summed E-state index contributed by atoms with van der Waals surface area (Å²) in [5.74, 6) is 0.816. The van der Waals surface area contributed by atoms with Crippen molar-refractivity contribution in [3.8, 4) is 0 Å². The highest BCUT2D eigenvalue weighted by Crippen LogP contribution is 2.31. The van der Waals surface area contributed by atoms with Gasteiger partial charge in [0.05, 0.1) is 17.6 Å². The van der Waals surface area contributed by atoms with Crippen molar-refractivity contribution < 1.29 is 13.9 Å². The van der Waals surface area contributed by atoms with Crippen LogP contribution in [0.1, 0.15) is 23.7 Å². The second-order valence-electron chi connectivity index (χ2n) is 6.90. The van der Waals surface area contributed by atoms with Gasteiger partial charge in [-0.25, -0.2) is 9.37 Å². The molecule has 1 unspecified atom stereocenters. The number of para-hydroxylation sites is 2. The van der Waals surface area contributed by atoms with Crippen LogP contribution in [-0.2, 0) is 22.6 Å². The third kappa shape index (κ3) is 3.57. The first-order valence-corrected chi connectivity index (χ1v) is 9.12. The summed E-state index contributed by atoms with van der Waals surface area (Å²) in [6.07, 6.45) is 0.442. The smallest absolute Gasteiger partial charge is 0.223 e. The van der Waals surface area contributed by atoms with Crippen LogP contribution in [0.2, 0.25) is 0 Å². The molecule has 4 rings (SSSR count). The SMILES string of the molecule is COCCn1c(C2CC(=O)N(Cc3ccc(F)cc3)C2)nc2ccccc21. The molecule has 6 heteroatoms. The van der Waals surface area contributed by atoms with Crippen LogP contribution in [0.3, 0.4) is 0 Å². The Balaban J connectivity index is 1.58. The number of carbonyl (C=O) groups excluding carboxylic acids is 1. The summed E-state index contributed by atoms with van der Waals surface area (Å²) < 4.78 is 20.5. The van der Waals surface area contributed by atoms with E-state index < -0.39 is 0 Å². The first-order valence-electron chi connectivity index (χ1n) is 9.12. The van der Waals surface area contributed by atoms with Crippen LogP contribution in [0.4, 0.5) is 4.39 Å². The largest absolute Gasteiger partial charge is 0.383 e. The van der Waals surface area contributed by atoms with Gasteiger partial charge in [-0.05, 0) is 29.8 Å². The fourth-order valence-corrected chi connectivity index (χ4v) is 3.73. The Labute approximate surface area is 157 Å². The van der Waals surface area contributed by atoms with E-state index >= 15 is 0 Å². The van der Waals surface area contributed by atoms with Crippen LogP contribution >= 0.6 is 0 Å². The van der Waals surface area contributed by atoms with Crippen molar-refractivity contribution in [2.24, 2.45) is 0 Å². The average Bonchev–Trinajstić information content (AvgIpc) is 3.22. The molecule has 0 saturated carbocycles. The minimum absolute atomic E-state index is 0.0437. The van der Waals surface area contributed by atoms with E-state index in [2.05, 4.69) is 10.6 Å². The highest BCUT2D eigenvalue weighted by Gasteiger charge is 2.33. The summed E-state index contributed by atoms with van der Waals surface area (Å²) in [5.41, 5.74) is 2.93. The summed E-state index contributed by atoms with van der Waals surface area (Å²) in [6.45, 7) is 2.41. The predicted octanol–water partition coefficient (Wildman–Crippen LogP) is 3.34. The molecule has 1 aliphatic rings. The Morgan fingerprint density at radius 2 is 1.96 bits per heavy atom. The number of fused-ring (bicyclic) bond motifs is 1. The molecule has 0 N–H and O–H groups in total. The quantitative estimate of drug-likeness (QED) is 0.671. The Bertz CT molecular complexity index is 952. The van der Waals surface area contributed by atoms with Crippen LogP contribution in [0.25, 0.3) is 11.0 Å². The van der Waals surface area contributed by atoms with Crippen LogP contribution < -0.4 is 0 Å². The number of methoxy groups -OCH3 is 1. The zero-order valence-electron chi connectivity index (χ0n) is 15.3. The second kappa shape index (κ2) is 7.48. The van der Waals surface area contributed by atoms with Gasteiger partial charge in [0.1, 0.15) is 11.6 Å². The normalized spacial score (nSPS) is 17.2. The number of likely N-dealkylation sites (tertiary alicyclic amines) is 1. The molecule has 2 aromatic carbocycles. The lowest BCUT2D eigenvalue weighted by Gasteiger charge is -2.17. The molecule has 0 bridgehead atoms. The number of amides is 1. The maximum absolute atomic E-state index is 13.1. The van der Waals surface area contributed by atoms with Crippen LogP contribution in [-0.4, -0.2) is 40.6 Å². The molecule has 1 fully saturated rings. The molecule has 1 atom stereocenters. The third-order valence-corrected chi connectivity index (χ3v) is 5.07. The van der Waals surface area contributed by atoms with E-state index in [1.54, 1.807) is 19.2 Å². The number of ether oxygens (including phenoxy) is 1. The molecule has 0 spiro atoms. The highest BCUT2D eigenvalue weighted by molar-refractivity contribution is 5.81. The maximum Gasteiger partial charge on any atom is 0.223 e. The summed E-state index contributed by atoms with van der Waals surface area (Å²) in [5, 5.41) is 0. The van der Waals surface area contributed by atoms with Crippen LogP contribution in [0.5, 0.6) is 0 Å². The van der Waals surface area contributed by atoms with Gasteiger partial charge in [-0.3, -0.25) is 4.79 Å². The average molecular weight is 367 g/mol. The molecule has 140 valence electrons. The topological polar surface area (TPSA) is 47.4 Å². The number of nitrogens with zero attached hydrogens (tertiary/aromatic N) is 3. The van der Waals surface area contributed by atoms with E-state index in [0.29, 0.717) is 32.7 Å². The minimum atomic E-state index is -0.267. The lowest BCUT2D eigenvalue weighted by atomic mass is 10.1. The van der Waals surface area contributed by atoms with Crippen LogP contribution in [0, 0.1) is 5.82 Å². The molecule has 5 nitrogen and oxygen atoms in total. The molecule has 27 heavy (non-hydrogen) atoms. The third-order valence-electron chi connectivity index (χ3n) is 5.07. The van der Waals surface area contributed by atoms with E-state index in [4.69, 9.17) is 9.72 Å². The fourth-order valence-electron chi connectivity index (χ4n) is 3.73. The number of hydrogen-bond donors (Lipinski definition) is 0. The van der Waals surface area contributed by atoms with Gasteiger partial charge in [0.25, 0.3) is 0 Å². The van der Waals surface area contributed by atoms with E-state index in [1.165, 1.54) is 12.1 Å². The molecule has 1 aliphatic heterocycles. The number of aromatic nitrogens is 2. The molecule has 1 saturated heterocycles. The van der Waals surface area contributed by atoms with Gasteiger partial charge in [0.2, 0.25) is 5.91 Å². The molecule has 1 amide bonds. The van der Waals surface area contributed by atoms with E-state index in [-0.39, 0.29) is 17.6 Å². The number of carbonyl (C=O) groups is 1. The van der Waals surface area contributed by atoms with Crippen molar-refractivity contribution in [1.29, 1.82) is 0 Å². The first-order chi connectivity index (χ1) is 13.2. The predicted molar refractivity (Wildman–Crippen MR) is 101 cm³/mol. The summed E-state index contributed by atoms with van der Waals surface area (Å²) in [4.78, 5) is 19.2. The Morgan fingerprint density at radius 1 is 1.19 bits per heavy atom. The van der Waals surface area contributed by atoms with E-state index in [0.717, 1.165) is 22.4 Å². The molecular weight excluding hydrogens is 345 g/mol. The summed E-state index contributed by atoms with van der Waals surface area (Å²) >= 11 is 0. The zero-order valence-corrected chi connectivity index (χ0v) is 15.3. The molecule has 3 aromatic rings. The van der Waals surface area contributed by atoms with Gasteiger partial charge in [-0.1, -0.05) is 24.3 Å². The summed E-state index contributed by atoms with van der Waals surface area (Å²) in [6, 6.07) is 14.3. The number of hydrogen-bond acceptors (Lipinski definition) is 3. The molecule has 0 aliphatic carbocycles. The van der Waals surface area contributed by atoms with Crippen molar-refractivity contribution in [2.75, 3.05) is 20.3 Å².